The average Bonchev–Trinajstić information content (AvgIpc) is 3.19. The summed E-state index contributed by atoms with van der Waals surface area (Å²) in [5, 5.41) is 3.68. The number of carbonyl (C=O) groups is 1. The molecule has 5 rings (SSSR count). The van der Waals surface area contributed by atoms with E-state index < -0.39 is 17.2 Å². The van der Waals surface area contributed by atoms with Gasteiger partial charge >= 0.3 is 5.69 Å². The van der Waals surface area contributed by atoms with Gasteiger partial charge in [0.2, 0.25) is 5.91 Å². The number of carbonyl (C=O) groups excluding carboxylic acids is 1. The summed E-state index contributed by atoms with van der Waals surface area (Å²) in [6.07, 6.45) is 0. The van der Waals surface area contributed by atoms with Crippen molar-refractivity contribution in [3.8, 4) is 11.3 Å². The molecule has 1 aliphatic heterocycles. The Labute approximate surface area is 162 Å². The summed E-state index contributed by atoms with van der Waals surface area (Å²) in [5.74, 6) is -0.925. The molecular formula is C20H13ClN4O3. The molecule has 1 aliphatic rings. The molecule has 7 nitrogen and oxygen atoms in total. The zero-order chi connectivity index (χ0) is 19.4. The summed E-state index contributed by atoms with van der Waals surface area (Å²) in [6, 6.07) is 14.4. The molecule has 0 saturated carbocycles. The number of para-hydroxylation sites is 1. The summed E-state index contributed by atoms with van der Waals surface area (Å²) >= 11 is 6.00. The highest BCUT2D eigenvalue weighted by Gasteiger charge is 2.36. The highest BCUT2D eigenvalue weighted by molar-refractivity contribution is 6.30. The van der Waals surface area contributed by atoms with Crippen LogP contribution in [0.2, 0.25) is 5.02 Å². The third kappa shape index (κ3) is 2.40. The van der Waals surface area contributed by atoms with E-state index in [1.54, 1.807) is 24.3 Å². The smallest absolute Gasteiger partial charge is 0.327 e. The fraction of sp³-hybridized carbons (Fsp3) is 0.0500. The first kappa shape index (κ1) is 16.6. The number of anilines is 1. The predicted octanol–water partition coefficient (Wildman–Crippen LogP) is 2.95. The van der Waals surface area contributed by atoms with Gasteiger partial charge in [-0.05, 0) is 29.3 Å². The zero-order valence-corrected chi connectivity index (χ0v) is 15.1. The average molecular weight is 393 g/mol. The molecule has 0 saturated heterocycles. The van der Waals surface area contributed by atoms with Crippen LogP contribution in [0.5, 0.6) is 0 Å². The van der Waals surface area contributed by atoms with Gasteiger partial charge in [-0.2, -0.15) is 0 Å². The third-order valence-corrected chi connectivity index (χ3v) is 5.20. The topological polar surface area (TPSA) is 111 Å². The normalized spacial score (nSPS) is 15.6. The van der Waals surface area contributed by atoms with Gasteiger partial charge in [0.05, 0.1) is 17.0 Å². The van der Waals surface area contributed by atoms with E-state index in [1.807, 2.05) is 24.3 Å². The Morgan fingerprint density at radius 3 is 2.39 bits per heavy atom. The van der Waals surface area contributed by atoms with Crippen LogP contribution in [-0.2, 0) is 4.79 Å². The third-order valence-electron chi connectivity index (χ3n) is 4.94. The van der Waals surface area contributed by atoms with Crippen LogP contribution >= 0.6 is 11.6 Å². The van der Waals surface area contributed by atoms with Crippen LogP contribution in [0.4, 0.5) is 5.69 Å². The molecule has 2 aromatic carbocycles. The lowest BCUT2D eigenvalue weighted by Gasteiger charge is -2.11. The van der Waals surface area contributed by atoms with Crippen molar-refractivity contribution < 1.29 is 4.79 Å². The van der Waals surface area contributed by atoms with E-state index in [0.717, 1.165) is 11.1 Å². The monoisotopic (exact) mass is 392 g/mol. The van der Waals surface area contributed by atoms with E-state index in [9.17, 15) is 14.4 Å². The molecule has 0 bridgehead atoms. The second-order valence-electron chi connectivity index (χ2n) is 6.59. The molecule has 8 heteroatoms. The Morgan fingerprint density at radius 2 is 1.61 bits per heavy atom. The number of benzene rings is 2. The molecular weight excluding hydrogens is 380 g/mol. The Kier molecular flexibility index (Phi) is 3.53. The molecule has 1 atom stereocenters. The van der Waals surface area contributed by atoms with Crippen molar-refractivity contribution in [2.45, 2.75) is 5.92 Å². The lowest BCUT2D eigenvalue weighted by atomic mass is 9.89. The standard InChI is InChI=1S/C20H13ClN4O3/c21-10-7-5-9(6-8-10)16-14(15-17(23-16)24-20(28)25-19(15)27)13-11-3-1-2-4-12(11)22-18(13)26/h1-8,13H,(H,22,26)(H3,23,24,25,27,28). The van der Waals surface area contributed by atoms with Crippen molar-refractivity contribution in [1.29, 1.82) is 0 Å². The molecule has 1 amide bonds. The van der Waals surface area contributed by atoms with Crippen molar-refractivity contribution in [1.82, 2.24) is 15.0 Å². The van der Waals surface area contributed by atoms with Gasteiger partial charge in [-0.15, -0.1) is 0 Å². The summed E-state index contributed by atoms with van der Waals surface area (Å²) < 4.78 is 0. The number of H-pyrrole nitrogens is 3. The van der Waals surface area contributed by atoms with E-state index in [4.69, 9.17) is 11.6 Å². The van der Waals surface area contributed by atoms with Crippen LogP contribution in [0, 0.1) is 0 Å². The number of hydrogen-bond donors (Lipinski definition) is 4. The Bertz CT molecular complexity index is 1360. The van der Waals surface area contributed by atoms with E-state index in [-0.39, 0.29) is 16.9 Å². The maximum atomic E-state index is 12.9. The maximum Gasteiger partial charge on any atom is 0.327 e. The minimum atomic E-state index is -0.692. The van der Waals surface area contributed by atoms with Gasteiger partial charge in [-0.1, -0.05) is 41.9 Å². The number of rotatable bonds is 2. The molecule has 28 heavy (non-hydrogen) atoms. The minimum absolute atomic E-state index is 0.233. The number of amides is 1. The molecule has 0 fully saturated rings. The van der Waals surface area contributed by atoms with Crippen LogP contribution in [0.15, 0.2) is 58.1 Å². The van der Waals surface area contributed by atoms with Crippen molar-refractivity contribution in [3.63, 3.8) is 0 Å². The quantitative estimate of drug-likeness (QED) is 0.421. The molecule has 0 aliphatic carbocycles. The van der Waals surface area contributed by atoms with Gasteiger partial charge in [0.25, 0.3) is 5.56 Å². The van der Waals surface area contributed by atoms with Gasteiger partial charge in [0.15, 0.2) is 0 Å². The van der Waals surface area contributed by atoms with Crippen molar-refractivity contribution in [2.75, 3.05) is 5.32 Å². The second-order valence-corrected chi connectivity index (χ2v) is 7.02. The summed E-state index contributed by atoms with van der Waals surface area (Å²) in [5.41, 5.74) is 2.41. The summed E-state index contributed by atoms with van der Waals surface area (Å²) in [4.78, 5) is 45.2. The fourth-order valence-electron chi connectivity index (χ4n) is 3.78. The lowest BCUT2D eigenvalue weighted by Crippen LogP contribution is -2.23. The van der Waals surface area contributed by atoms with E-state index in [2.05, 4.69) is 20.3 Å². The predicted molar refractivity (Wildman–Crippen MR) is 107 cm³/mol. The van der Waals surface area contributed by atoms with Crippen LogP contribution < -0.4 is 16.6 Å². The molecule has 4 aromatic rings. The first-order valence-corrected chi connectivity index (χ1v) is 8.94. The highest BCUT2D eigenvalue weighted by Crippen LogP contribution is 2.43. The molecule has 0 radical (unpaired) electrons. The highest BCUT2D eigenvalue weighted by atomic mass is 35.5. The van der Waals surface area contributed by atoms with Gasteiger partial charge in [-0.3, -0.25) is 19.6 Å². The van der Waals surface area contributed by atoms with Crippen LogP contribution in [-0.4, -0.2) is 20.9 Å². The first-order valence-electron chi connectivity index (χ1n) is 8.57. The van der Waals surface area contributed by atoms with Crippen LogP contribution in [0.3, 0.4) is 0 Å². The van der Waals surface area contributed by atoms with Gasteiger partial charge < -0.3 is 10.3 Å². The molecule has 1 unspecified atom stereocenters. The second kappa shape index (κ2) is 5.97. The van der Waals surface area contributed by atoms with Crippen LogP contribution in [0.1, 0.15) is 17.0 Å². The molecule has 2 aromatic heterocycles. The van der Waals surface area contributed by atoms with E-state index in [0.29, 0.717) is 22.0 Å². The zero-order valence-electron chi connectivity index (χ0n) is 14.3. The molecule has 3 heterocycles. The van der Waals surface area contributed by atoms with Gasteiger partial charge in [0.1, 0.15) is 5.65 Å². The largest absolute Gasteiger partial charge is 0.340 e. The minimum Gasteiger partial charge on any atom is -0.340 e. The number of hydrogen-bond acceptors (Lipinski definition) is 3. The number of halogens is 1. The summed E-state index contributed by atoms with van der Waals surface area (Å²) in [7, 11) is 0. The van der Waals surface area contributed by atoms with E-state index >= 15 is 0 Å². The van der Waals surface area contributed by atoms with Crippen molar-refractivity contribution >= 4 is 34.2 Å². The van der Waals surface area contributed by atoms with Gasteiger partial charge in [0, 0.05) is 16.3 Å². The lowest BCUT2D eigenvalue weighted by molar-refractivity contribution is -0.116. The maximum absolute atomic E-state index is 12.9. The van der Waals surface area contributed by atoms with Crippen molar-refractivity contribution in [3.05, 3.63) is 85.5 Å². The van der Waals surface area contributed by atoms with Crippen LogP contribution in [0.25, 0.3) is 22.3 Å². The Morgan fingerprint density at radius 1 is 0.857 bits per heavy atom. The number of fused-ring (bicyclic) bond motifs is 2. The Hall–Kier alpha value is -3.58. The van der Waals surface area contributed by atoms with E-state index in [1.165, 1.54) is 0 Å². The summed E-state index contributed by atoms with van der Waals surface area (Å²) in [6.45, 7) is 0. The molecule has 138 valence electrons. The fourth-order valence-corrected chi connectivity index (χ4v) is 3.91. The van der Waals surface area contributed by atoms with Crippen molar-refractivity contribution in [2.24, 2.45) is 0 Å². The number of aromatic amines is 3. The van der Waals surface area contributed by atoms with Gasteiger partial charge in [-0.25, -0.2) is 4.79 Å². The number of aromatic nitrogens is 3. The Balaban J connectivity index is 1.88. The SMILES string of the molecule is O=C1Nc2ccccc2C1c1c(-c2ccc(Cl)cc2)[nH]c2[nH]c(=O)[nH]c(=O)c12. The first-order chi connectivity index (χ1) is 13.5. The number of nitrogens with one attached hydrogen (secondary N) is 4. The molecule has 4 N–H and O–H groups in total. The molecule has 0 spiro atoms.